The minimum atomic E-state index is 0.781. The van der Waals surface area contributed by atoms with E-state index in [4.69, 9.17) is 4.74 Å². The van der Waals surface area contributed by atoms with E-state index < -0.39 is 0 Å². The summed E-state index contributed by atoms with van der Waals surface area (Å²) in [6.07, 6.45) is 3.65. The van der Waals surface area contributed by atoms with Crippen molar-refractivity contribution in [2.75, 3.05) is 0 Å². The molecule has 0 fully saturated rings. The number of ether oxygens (including phenoxy) is 1. The van der Waals surface area contributed by atoms with Crippen LogP contribution in [0.2, 0.25) is 0 Å². The average Bonchev–Trinajstić information content (AvgIpc) is 2.98. The maximum absolute atomic E-state index is 6.36. The normalized spacial score (nSPS) is 10.7. The van der Waals surface area contributed by atoms with Crippen LogP contribution in [-0.4, -0.2) is 9.97 Å². The Morgan fingerprint density at radius 1 is 0.378 bits per heavy atom. The molecule has 6 aromatic rings. The van der Waals surface area contributed by atoms with Gasteiger partial charge >= 0.3 is 0 Å². The van der Waals surface area contributed by atoms with Gasteiger partial charge in [0, 0.05) is 23.5 Å². The fourth-order valence-corrected chi connectivity index (χ4v) is 4.55. The molecule has 0 aliphatic carbocycles. The molecule has 3 nitrogen and oxygen atoms in total. The molecule has 6 rings (SSSR count). The molecule has 4 aromatic carbocycles. The molecule has 0 radical (unpaired) electrons. The van der Waals surface area contributed by atoms with Crippen molar-refractivity contribution in [2.45, 2.75) is 0 Å². The highest BCUT2D eigenvalue weighted by Crippen LogP contribution is 2.36. The van der Waals surface area contributed by atoms with Crippen molar-refractivity contribution in [3.8, 4) is 56.3 Å². The van der Waals surface area contributed by atoms with Crippen LogP contribution in [0.5, 0.6) is 11.5 Å². The summed E-state index contributed by atoms with van der Waals surface area (Å²) in [6, 6.07) is 45.0. The van der Waals surface area contributed by atoms with Gasteiger partial charge in [0.05, 0.1) is 11.4 Å². The molecule has 2 heterocycles. The Hall–Kier alpha value is -5.02. The number of hydrogen-bond acceptors (Lipinski definition) is 3. The van der Waals surface area contributed by atoms with Crippen molar-refractivity contribution in [3.05, 3.63) is 146 Å². The van der Waals surface area contributed by atoms with E-state index in [9.17, 15) is 0 Å². The van der Waals surface area contributed by atoms with Gasteiger partial charge in [-0.3, -0.25) is 9.97 Å². The van der Waals surface area contributed by atoms with Gasteiger partial charge in [0.15, 0.2) is 0 Å². The molecule has 37 heavy (non-hydrogen) atoms. The monoisotopic (exact) mass is 476 g/mol. The first-order valence-corrected chi connectivity index (χ1v) is 12.2. The minimum Gasteiger partial charge on any atom is -0.457 e. The van der Waals surface area contributed by atoms with Crippen LogP contribution >= 0.6 is 0 Å². The Morgan fingerprint density at radius 3 is 1.24 bits per heavy atom. The molecule has 3 heteroatoms. The molecular formula is C34H24N2O. The molecular weight excluding hydrogens is 452 g/mol. The van der Waals surface area contributed by atoms with Crippen molar-refractivity contribution in [2.24, 2.45) is 0 Å². The summed E-state index contributed by atoms with van der Waals surface area (Å²) >= 11 is 0. The fraction of sp³-hybridized carbons (Fsp3) is 0. The second-order valence-corrected chi connectivity index (χ2v) is 8.68. The van der Waals surface area contributed by atoms with E-state index in [1.54, 1.807) is 0 Å². The molecule has 0 bridgehead atoms. The summed E-state index contributed by atoms with van der Waals surface area (Å²) in [5.74, 6) is 1.56. The number of aromatic nitrogens is 2. The van der Waals surface area contributed by atoms with Crippen molar-refractivity contribution in [1.29, 1.82) is 0 Å². The summed E-state index contributed by atoms with van der Waals surface area (Å²) in [7, 11) is 0. The third kappa shape index (κ3) is 4.89. The first kappa shape index (κ1) is 22.4. The van der Waals surface area contributed by atoms with Gasteiger partial charge in [0.2, 0.25) is 0 Å². The van der Waals surface area contributed by atoms with Crippen LogP contribution in [-0.2, 0) is 0 Å². The molecule has 0 spiro atoms. The zero-order chi connectivity index (χ0) is 24.9. The van der Waals surface area contributed by atoms with Crippen LogP contribution in [0.3, 0.4) is 0 Å². The van der Waals surface area contributed by atoms with Crippen molar-refractivity contribution < 1.29 is 4.74 Å². The SMILES string of the molecule is c1ccc(-c2ccccc2-c2cccc(Oc3cccc(-c4ccccc4-c4ccccn4)c3)c2)nc1. The lowest BCUT2D eigenvalue weighted by molar-refractivity contribution is 0.483. The first-order chi connectivity index (χ1) is 18.3. The Kier molecular flexibility index (Phi) is 6.25. The van der Waals surface area contributed by atoms with E-state index >= 15 is 0 Å². The number of nitrogens with zero attached hydrogens (tertiary/aromatic N) is 2. The molecule has 0 unspecified atom stereocenters. The van der Waals surface area contributed by atoms with Gasteiger partial charge in [-0.2, -0.15) is 0 Å². The quantitative estimate of drug-likeness (QED) is 0.241. The van der Waals surface area contributed by atoms with Crippen molar-refractivity contribution in [3.63, 3.8) is 0 Å². The molecule has 0 atom stereocenters. The Balaban J connectivity index is 1.32. The maximum atomic E-state index is 6.36. The fourth-order valence-electron chi connectivity index (χ4n) is 4.55. The average molecular weight is 477 g/mol. The summed E-state index contributed by atoms with van der Waals surface area (Å²) in [5, 5.41) is 0. The lowest BCUT2D eigenvalue weighted by atomic mass is 9.97. The van der Waals surface area contributed by atoms with Crippen LogP contribution in [0.15, 0.2) is 146 Å². The van der Waals surface area contributed by atoms with E-state index in [0.717, 1.165) is 56.3 Å². The lowest BCUT2D eigenvalue weighted by Crippen LogP contribution is -1.90. The van der Waals surface area contributed by atoms with Crippen LogP contribution in [0, 0.1) is 0 Å². The zero-order valence-corrected chi connectivity index (χ0v) is 20.2. The molecule has 0 N–H and O–H groups in total. The highest BCUT2D eigenvalue weighted by molar-refractivity contribution is 5.83. The van der Waals surface area contributed by atoms with Crippen LogP contribution in [0.4, 0.5) is 0 Å². The molecule has 2 aromatic heterocycles. The second kappa shape index (κ2) is 10.3. The minimum absolute atomic E-state index is 0.781. The molecule has 0 amide bonds. The second-order valence-electron chi connectivity index (χ2n) is 8.68. The molecule has 176 valence electrons. The molecule has 0 saturated heterocycles. The third-order valence-electron chi connectivity index (χ3n) is 6.26. The predicted molar refractivity (Wildman–Crippen MR) is 150 cm³/mol. The summed E-state index contributed by atoms with van der Waals surface area (Å²) in [4.78, 5) is 9.11. The highest BCUT2D eigenvalue weighted by atomic mass is 16.5. The predicted octanol–water partition coefficient (Wildman–Crippen LogP) is 8.94. The standard InChI is InChI=1S/C34H24N2O/c1-3-17-31(33-19-5-7-21-35-33)29(15-1)25-11-9-13-27(23-25)37-28-14-10-12-26(24-28)30-16-2-4-18-32(30)34-20-6-8-22-36-34/h1-24H. The van der Waals surface area contributed by atoms with E-state index in [-0.39, 0.29) is 0 Å². The molecule has 0 aliphatic rings. The van der Waals surface area contributed by atoms with Crippen LogP contribution < -0.4 is 4.74 Å². The maximum Gasteiger partial charge on any atom is 0.128 e. The topological polar surface area (TPSA) is 35.0 Å². The van der Waals surface area contributed by atoms with Crippen LogP contribution in [0.25, 0.3) is 44.8 Å². The zero-order valence-electron chi connectivity index (χ0n) is 20.2. The lowest BCUT2D eigenvalue weighted by Gasteiger charge is -2.13. The molecule has 0 aliphatic heterocycles. The van der Waals surface area contributed by atoms with Gasteiger partial charge in [0.1, 0.15) is 11.5 Å². The van der Waals surface area contributed by atoms with Gasteiger partial charge in [-0.1, -0.05) is 84.9 Å². The van der Waals surface area contributed by atoms with Gasteiger partial charge in [-0.25, -0.2) is 0 Å². The van der Waals surface area contributed by atoms with Gasteiger partial charge in [0.25, 0.3) is 0 Å². The summed E-state index contributed by atoms with van der Waals surface area (Å²) in [6.45, 7) is 0. The van der Waals surface area contributed by atoms with E-state index in [2.05, 4.69) is 70.6 Å². The van der Waals surface area contributed by atoms with Gasteiger partial charge < -0.3 is 4.74 Å². The van der Waals surface area contributed by atoms with Gasteiger partial charge in [-0.05, 0) is 70.8 Å². The first-order valence-electron chi connectivity index (χ1n) is 12.2. The Morgan fingerprint density at radius 2 is 0.811 bits per heavy atom. The van der Waals surface area contributed by atoms with Crippen LogP contribution in [0.1, 0.15) is 0 Å². The van der Waals surface area contributed by atoms with Crippen molar-refractivity contribution >= 4 is 0 Å². The van der Waals surface area contributed by atoms with Crippen molar-refractivity contribution in [1.82, 2.24) is 9.97 Å². The number of benzene rings is 4. The number of hydrogen-bond donors (Lipinski definition) is 0. The largest absolute Gasteiger partial charge is 0.457 e. The smallest absolute Gasteiger partial charge is 0.128 e. The Labute approximate surface area is 216 Å². The number of pyridine rings is 2. The summed E-state index contributed by atoms with van der Waals surface area (Å²) in [5.41, 5.74) is 8.47. The van der Waals surface area contributed by atoms with E-state index in [1.165, 1.54) is 0 Å². The van der Waals surface area contributed by atoms with E-state index in [1.807, 2.05) is 85.2 Å². The number of rotatable bonds is 6. The summed E-state index contributed by atoms with van der Waals surface area (Å²) < 4.78 is 6.36. The Bertz CT molecular complexity index is 1520. The van der Waals surface area contributed by atoms with E-state index in [0.29, 0.717) is 0 Å². The highest BCUT2D eigenvalue weighted by Gasteiger charge is 2.11. The van der Waals surface area contributed by atoms with Gasteiger partial charge in [-0.15, -0.1) is 0 Å². The molecule has 0 saturated carbocycles. The third-order valence-corrected chi connectivity index (χ3v) is 6.26.